The van der Waals surface area contributed by atoms with Gasteiger partial charge >= 0.3 is 5.97 Å². The quantitative estimate of drug-likeness (QED) is 0.705. The number of carbonyl (C=O) groups is 1. The summed E-state index contributed by atoms with van der Waals surface area (Å²) in [7, 11) is 1.31. The van der Waals surface area contributed by atoms with Crippen LogP contribution in [-0.2, 0) is 4.74 Å². The van der Waals surface area contributed by atoms with Gasteiger partial charge in [0.15, 0.2) is 0 Å². The first-order valence-electron chi connectivity index (χ1n) is 4.48. The van der Waals surface area contributed by atoms with Crippen LogP contribution in [0.5, 0.6) is 5.75 Å². The fourth-order valence-corrected chi connectivity index (χ4v) is 1.13. The third-order valence-electron chi connectivity index (χ3n) is 1.82. The zero-order valence-corrected chi connectivity index (χ0v) is 8.61. The second-order valence-corrected chi connectivity index (χ2v) is 2.75. The first kappa shape index (κ1) is 11.1. The number of esters is 1. The summed E-state index contributed by atoms with van der Waals surface area (Å²) >= 11 is 0. The van der Waals surface area contributed by atoms with Crippen molar-refractivity contribution in [3.8, 4) is 11.8 Å². The van der Waals surface area contributed by atoms with Gasteiger partial charge in [-0.15, -0.1) is 0 Å². The molecule has 0 saturated heterocycles. The van der Waals surface area contributed by atoms with E-state index in [1.165, 1.54) is 25.3 Å². The van der Waals surface area contributed by atoms with E-state index in [1.54, 1.807) is 0 Å². The van der Waals surface area contributed by atoms with E-state index < -0.39 is 5.97 Å². The van der Waals surface area contributed by atoms with E-state index in [-0.39, 0.29) is 0 Å². The molecule has 0 spiro atoms. The zero-order valence-electron chi connectivity index (χ0n) is 8.61. The van der Waals surface area contributed by atoms with Gasteiger partial charge in [-0.05, 0) is 25.1 Å². The summed E-state index contributed by atoms with van der Waals surface area (Å²) in [6.07, 6.45) is 0. The van der Waals surface area contributed by atoms with Gasteiger partial charge in [0.25, 0.3) is 0 Å². The van der Waals surface area contributed by atoms with Crippen LogP contribution >= 0.6 is 0 Å². The van der Waals surface area contributed by atoms with E-state index in [1.807, 2.05) is 13.0 Å². The molecule has 4 heteroatoms. The second kappa shape index (κ2) is 5.01. The molecule has 0 bridgehead atoms. The Bertz CT molecular complexity index is 407. The highest BCUT2D eigenvalue weighted by atomic mass is 16.5. The molecule has 0 saturated carbocycles. The predicted molar refractivity (Wildman–Crippen MR) is 53.7 cm³/mol. The van der Waals surface area contributed by atoms with Gasteiger partial charge < -0.3 is 9.47 Å². The summed E-state index contributed by atoms with van der Waals surface area (Å²) < 4.78 is 9.80. The Balaban J connectivity index is 3.11. The van der Waals surface area contributed by atoms with E-state index in [9.17, 15) is 4.79 Å². The number of benzene rings is 1. The second-order valence-electron chi connectivity index (χ2n) is 2.75. The Morgan fingerprint density at radius 3 is 2.80 bits per heavy atom. The van der Waals surface area contributed by atoms with Crippen LogP contribution in [0.2, 0.25) is 0 Å². The normalized spacial score (nSPS) is 9.13. The third kappa shape index (κ3) is 2.47. The average Bonchev–Trinajstić information content (AvgIpc) is 2.28. The number of nitrogens with zero attached hydrogens (tertiary/aromatic N) is 1. The Morgan fingerprint density at radius 2 is 2.27 bits per heavy atom. The predicted octanol–water partition coefficient (Wildman–Crippen LogP) is 1.74. The molecule has 4 nitrogen and oxygen atoms in total. The molecular formula is C11H11NO3. The summed E-state index contributed by atoms with van der Waals surface area (Å²) in [6, 6.07) is 6.57. The van der Waals surface area contributed by atoms with Gasteiger partial charge in [-0.2, -0.15) is 5.26 Å². The standard InChI is InChI=1S/C11H11NO3/c1-3-15-10-6-8(11(13)14-2)4-5-9(10)7-12/h4-6H,3H2,1-2H3. The van der Waals surface area contributed by atoms with Crippen molar-refractivity contribution in [1.82, 2.24) is 0 Å². The van der Waals surface area contributed by atoms with E-state index in [4.69, 9.17) is 10.00 Å². The molecule has 1 aromatic carbocycles. The van der Waals surface area contributed by atoms with E-state index in [2.05, 4.69) is 4.74 Å². The molecule has 1 rings (SSSR count). The van der Waals surface area contributed by atoms with Gasteiger partial charge in [-0.3, -0.25) is 0 Å². The molecule has 15 heavy (non-hydrogen) atoms. The lowest BCUT2D eigenvalue weighted by molar-refractivity contribution is 0.0600. The number of nitriles is 1. The number of hydrogen-bond acceptors (Lipinski definition) is 4. The van der Waals surface area contributed by atoms with Gasteiger partial charge in [0.1, 0.15) is 11.8 Å². The van der Waals surface area contributed by atoms with Crippen molar-refractivity contribution >= 4 is 5.97 Å². The molecular weight excluding hydrogens is 194 g/mol. The molecule has 78 valence electrons. The van der Waals surface area contributed by atoms with E-state index >= 15 is 0 Å². The molecule has 0 aromatic heterocycles. The van der Waals surface area contributed by atoms with Crippen LogP contribution < -0.4 is 4.74 Å². The highest BCUT2D eigenvalue weighted by Crippen LogP contribution is 2.20. The van der Waals surface area contributed by atoms with Crippen molar-refractivity contribution in [2.24, 2.45) is 0 Å². The molecule has 0 fully saturated rings. The molecule has 0 aliphatic rings. The Hall–Kier alpha value is -2.02. The maximum absolute atomic E-state index is 11.2. The van der Waals surface area contributed by atoms with Crippen molar-refractivity contribution in [3.05, 3.63) is 29.3 Å². The Labute approximate surface area is 88.0 Å². The Kier molecular flexibility index (Phi) is 3.69. The SMILES string of the molecule is CCOc1cc(C(=O)OC)ccc1C#N. The van der Waals surface area contributed by atoms with Crippen LogP contribution in [0.4, 0.5) is 0 Å². The topological polar surface area (TPSA) is 59.3 Å². The highest BCUT2D eigenvalue weighted by Gasteiger charge is 2.10. The van der Waals surface area contributed by atoms with E-state index in [0.717, 1.165) is 0 Å². The minimum Gasteiger partial charge on any atom is -0.492 e. The summed E-state index contributed by atoms with van der Waals surface area (Å²) in [6.45, 7) is 2.26. The molecule has 0 unspecified atom stereocenters. The first-order valence-corrected chi connectivity index (χ1v) is 4.48. The van der Waals surface area contributed by atoms with E-state index in [0.29, 0.717) is 23.5 Å². The number of hydrogen-bond donors (Lipinski definition) is 0. The molecule has 1 aromatic rings. The molecule has 0 radical (unpaired) electrons. The number of methoxy groups -OCH3 is 1. The fourth-order valence-electron chi connectivity index (χ4n) is 1.13. The lowest BCUT2D eigenvalue weighted by Crippen LogP contribution is -2.03. The van der Waals surface area contributed by atoms with Crippen LogP contribution in [-0.4, -0.2) is 19.7 Å². The first-order chi connectivity index (χ1) is 7.22. The van der Waals surface area contributed by atoms with Gasteiger partial charge in [-0.25, -0.2) is 4.79 Å². The van der Waals surface area contributed by atoms with Crippen molar-refractivity contribution in [2.75, 3.05) is 13.7 Å². The fraction of sp³-hybridized carbons (Fsp3) is 0.273. The largest absolute Gasteiger partial charge is 0.492 e. The maximum Gasteiger partial charge on any atom is 0.337 e. The molecule has 0 N–H and O–H groups in total. The summed E-state index contributed by atoms with van der Waals surface area (Å²) in [5.41, 5.74) is 0.782. The minimum atomic E-state index is -0.444. The third-order valence-corrected chi connectivity index (χ3v) is 1.82. The smallest absolute Gasteiger partial charge is 0.337 e. The number of ether oxygens (including phenoxy) is 2. The number of carbonyl (C=O) groups excluding carboxylic acids is 1. The van der Waals surface area contributed by atoms with Gasteiger partial charge in [0.2, 0.25) is 0 Å². The summed E-state index contributed by atoms with van der Waals surface area (Å²) in [4.78, 5) is 11.2. The molecule has 0 heterocycles. The van der Waals surface area contributed by atoms with Crippen molar-refractivity contribution in [2.45, 2.75) is 6.92 Å². The number of rotatable bonds is 3. The Morgan fingerprint density at radius 1 is 1.53 bits per heavy atom. The monoisotopic (exact) mass is 205 g/mol. The maximum atomic E-state index is 11.2. The molecule has 0 amide bonds. The van der Waals surface area contributed by atoms with Crippen LogP contribution in [0, 0.1) is 11.3 Å². The molecule has 0 atom stereocenters. The van der Waals surface area contributed by atoms with Crippen LogP contribution in [0.1, 0.15) is 22.8 Å². The lowest BCUT2D eigenvalue weighted by atomic mass is 10.1. The van der Waals surface area contributed by atoms with Crippen LogP contribution in [0.25, 0.3) is 0 Å². The zero-order chi connectivity index (χ0) is 11.3. The average molecular weight is 205 g/mol. The summed E-state index contributed by atoms with van der Waals surface area (Å²) in [5.74, 6) is -0.0386. The van der Waals surface area contributed by atoms with Crippen molar-refractivity contribution < 1.29 is 14.3 Å². The highest BCUT2D eigenvalue weighted by molar-refractivity contribution is 5.90. The lowest BCUT2D eigenvalue weighted by Gasteiger charge is -2.06. The van der Waals surface area contributed by atoms with Crippen molar-refractivity contribution in [1.29, 1.82) is 5.26 Å². The van der Waals surface area contributed by atoms with Gasteiger partial charge in [0, 0.05) is 0 Å². The summed E-state index contributed by atoms with van der Waals surface area (Å²) in [5, 5.41) is 8.79. The van der Waals surface area contributed by atoms with Crippen molar-refractivity contribution in [3.63, 3.8) is 0 Å². The van der Waals surface area contributed by atoms with Crippen LogP contribution in [0.15, 0.2) is 18.2 Å². The van der Waals surface area contributed by atoms with Gasteiger partial charge in [-0.1, -0.05) is 0 Å². The van der Waals surface area contributed by atoms with Gasteiger partial charge in [0.05, 0.1) is 24.8 Å². The van der Waals surface area contributed by atoms with Crippen LogP contribution in [0.3, 0.4) is 0 Å². The molecule has 0 aliphatic carbocycles. The minimum absolute atomic E-state index is 0.375. The molecule has 0 aliphatic heterocycles.